The molecule has 0 bridgehead atoms. The van der Waals surface area contributed by atoms with Crippen LogP contribution in [0.2, 0.25) is 0 Å². The molecule has 2 heterocycles. The predicted molar refractivity (Wildman–Crippen MR) is 98.0 cm³/mol. The lowest BCUT2D eigenvalue weighted by molar-refractivity contribution is -0.128. The molecular formula is C18H20N4O2S. The number of rotatable bonds is 6. The Bertz CT molecular complexity index is 870. The first-order valence-electron chi connectivity index (χ1n) is 8.14. The van der Waals surface area contributed by atoms with E-state index in [-0.39, 0.29) is 18.2 Å². The van der Waals surface area contributed by atoms with E-state index < -0.39 is 0 Å². The first-order valence-corrected chi connectivity index (χ1v) is 9.02. The molecule has 6 nitrogen and oxygen atoms in total. The lowest BCUT2D eigenvalue weighted by Crippen LogP contribution is -2.42. The number of aryl methyl sites for hydroxylation is 2. The van der Waals surface area contributed by atoms with Gasteiger partial charge in [-0.3, -0.25) is 20.4 Å². The second-order valence-corrected chi connectivity index (χ2v) is 6.81. The summed E-state index contributed by atoms with van der Waals surface area (Å²) >= 11 is 1.69. The SMILES string of the molecule is Cn1c(CC(=O)NNC(=O)CCCc2cccs2)nc2ccccc21. The second-order valence-electron chi connectivity index (χ2n) is 5.78. The van der Waals surface area contributed by atoms with Gasteiger partial charge in [0.1, 0.15) is 5.82 Å². The van der Waals surface area contributed by atoms with E-state index in [1.165, 1.54) is 4.88 Å². The van der Waals surface area contributed by atoms with E-state index in [9.17, 15) is 9.59 Å². The summed E-state index contributed by atoms with van der Waals surface area (Å²) in [5.41, 5.74) is 6.75. The summed E-state index contributed by atoms with van der Waals surface area (Å²) in [5, 5.41) is 2.02. The molecule has 7 heteroatoms. The molecule has 130 valence electrons. The standard InChI is InChI=1S/C18H20N4O2S/c1-22-15-9-3-2-8-14(15)19-16(22)12-18(24)21-20-17(23)10-4-6-13-7-5-11-25-13/h2-3,5,7-9,11H,4,6,10,12H2,1H3,(H,20,23)(H,21,24). The van der Waals surface area contributed by atoms with Crippen molar-refractivity contribution in [2.24, 2.45) is 7.05 Å². The van der Waals surface area contributed by atoms with Crippen molar-refractivity contribution in [1.82, 2.24) is 20.4 Å². The minimum Gasteiger partial charge on any atom is -0.331 e. The molecule has 25 heavy (non-hydrogen) atoms. The maximum Gasteiger partial charge on any atom is 0.245 e. The van der Waals surface area contributed by atoms with E-state index in [0.29, 0.717) is 12.2 Å². The van der Waals surface area contributed by atoms with E-state index in [1.807, 2.05) is 47.3 Å². The molecule has 3 aromatic rings. The van der Waals surface area contributed by atoms with Gasteiger partial charge in [0.25, 0.3) is 0 Å². The van der Waals surface area contributed by atoms with E-state index in [1.54, 1.807) is 11.3 Å². The van der Waals surface area contributed by atoms with Gasteiger partial charge >= 0.3 is 0 Å². The van der Waals surface area contributed by atoms with Crippen molar-refractivity contribution in [2.45, 2.75) is 25.7 Å². The van der Waals surface area contributed by atoms with Gasteiger partial charge in [-0.1, -0.05) is 18.2 Å². The minimum absolute atomic E-state index is 0.112. The van der Waals surface area contributed by atoms with Crippen molar-refractivity contribution in [1.29, 1.82) is 0 Å². The molecule has 0 radical (unpaired) electrons. The smallest absolute Gasteiger partial charge is 0.245 e. The lowest BCUT2D eigenvalue weighted by Gasteiger charge is -2.07. The summed E-state index contributed by atoms with van der Waals surface area (Å²) in [6.07, 6.45) is 2.12. The number of hydrazine groups is 1. The molecule has 0 saturated carbocycles. The maximum atomic E-state index is 12.0. The molecule has 2 aromatic heterocycles. The van der Waals surface area contributed by atoms with Gasteiger partial charge in [0.2, 0.25) is 11.8 Å². The number of thiophene rings is 1. The first-order chi connectivity index (χ1) is 12.1. The zero-order valence-corrected chi connectivity index (χ0v) is 14.8. The molecule has 0 saturated heterocycles. The number of carbonyl (C=O) groups is 2. The van der Waals surface area contributed by atoms with Crippen molar-refractivity contribution in [2.75, 3.05) is 0 Å². The molecule has 0 spiro atoms. The highest BCUT2D eigenvalue weighted by Crippen LogP contribution is 2.14. The van der Waals surface area contributed by atoms with E-state index in [0.717, 1.165) is 23.9 Å². The van der Waals surface area contributed by atoms with Crippen LogP contribution in [-0.2, 0) is 29.5 Å². The van der Waals surface area contributed by atoms with Crippen molar-refractivity contribution >= 4 is 34.2 Å². The molecule has 0 fully saturated rings. The lowest BCUT2D eigenvalue weighted by atomic mass is 10.2. The van der Waals surface area contributed by atoms with Gasteiger partial charge in [0.15, 0.2) is 0 Å². The van der Waals surface area contributed by atoms with E-state index in [2.05, 4.69) is 21.9 Å². The molecule has 2 amide bonds. The summed E-state index contributed by atoms with van der Waals surface area (Å²) in [7, 11) is 1.88. The topological polar surface area (TPSA) is 76.0 Å². The minimum atomic E-state index is -0.287. The van der Waals surface area contributed by atoms with Crippen LogP contribution in [0.4, 0.5) is 0 Å². The van der Waals surface area contributed by atoms with Crippen LogP contribution in [0.1, 0.15) is 23.5 Å². The Kier molecular flexibility index (Phi) is 5.45. The summed E-state index contributed by atoms with van der Waals surface area (Å²) in [4.78, 5) is 29.5. The van der Waals surface area contributed by atoms with Crippen LogP contribution in [0.15, 0.2) is 41.8 Å². The Morgan fingerprint density at radius 2 is 1.92 bits per heavy atom. The highest BCUT2D eigenvalue weighted by molar-refractivity contribution is 7.09. The third-order valence-electron chi connectivity index (χ3n) is 3.95. The van der Waals surface area contributed by atoms with Crippen LogP contribution >= 0.6 is 11.3 Å². The third-order valence-corrected chi connectivity index (χ3v) is 4.88. The normalized spacial score (nSPS) is 10.8. The molecule has 0 unspecified atom stereocenters. The number of fused-ring (bicyclic) bond motifs is 1. The molecule has 0 aliphatic rings. The quantitative estimate of drug-likeness (QED) is 0.666. The van der Waals surface area contributed by atoms with Crippen molar-refractivity contribution in [3.63, 3.8) is 0 Å². The maximum absolute atomic E-state index is 12.0. The number of imidazole rings is 1. The van der Waals surface area contributed by atoms with E-state index >= 15 is 0 Å². The van der Waals surface area contributed by atoms with Crippen LogP contribution < -0.4 is 10.9 Å². The summed E-state index contributed by atoms with van der Waals surface area (Å²) < 4.78 is 1.89. The van der Waals surface area contributed by atoms with Crippen LogP contribution in [0.5, 0.6) is 0 Å². The Morgan fingerprint density at radius 3 is 2.68 bits per heavy atom. The highest BCUT2D eigenvalue weighted by Gasteiger charge is 2.12. The van der Waals surface area contributed by atoms with Crippen LogP contribution in [0, 0.1) is 0 Å². The highest BCUT2D eigenvalue weighted by atomic mass is 32.1. The zero-order chi connectivity index (χ0) is 17.6. The fourth-order valence-corrected chi connectivity index (χ4v) is 3.37. The average molecular weight is 356 g/mol. The van der Waals surface area contributed by atoms with Crippen LogP contribution in [0.25, 0.3) is 11.0 Å². The summed E-state index contributed by atoms with van der Waals surface area (Å²) in [6.45, 7) is 0. The van der Waals surface area contributed by atoms with Gasteiger partial charge in [-0.05, 0) is 36.4 Å². The molecule has 2 N–H and O–H groups in total. The summed E-state index contributed by atoms with van der Waals surface area (Å²) in [5.74, 6) is 0.186. The summed E-state index contributed by atoms with van der Waals surface area (Å²) in [6, 6.07) is 11.8. The largest absolute Gasteiger partial charge is 0.331 e. The second kappa shape index (κ2) is 7.94. The van der Waals surface area contributed by atoms with Crippen molar-refractivity contribution < 1.29 is 9.59 Å². The van der Waals surface area contributed by atoms with Crippen molar-refractivity contribution in [3.05, 3.63) is 52.5 Å². The number of benzene rings is 1. The van der Waals surface area contributed by atoms with Gasteiger partial charge in [-0.15, -0.1) is 11.3 Å². The number of amides is 2. The zero-order valence-electron chi connectivity index (χ0n) is 14.0. The molecule has 3 rings (SSSR count). The Balaban J connectivity index is 1.44. The molecule has 1 aromatic carbocycles. The number of nitrogens with one attached hydrogen (secondary N) is 2. The van der Waals surface area contributed by atoms with Gasteiger partial charge in [0.05, 0.1) is 17.5 Å². The van der Waals surface area contributed by atoms with Crippen LogP contribution in [-0.4, -0.2) is 21.4 Å². The van der Waals surface area contributed by atoms with Gasteiger partial charge in [0, 0.05) is 18.3 Å². The Hall–Kier alpha value is -2.67. The number of hydrogen-bond donors (Lipinski definition) is 2. The Morgan fingerprint density at radius 1 is 1.12 bits per heavy atom. The average Bonchev–Trinajstić information content (AvgIpc) is 3.22. The van der Waals surface area contributed by atoms with Gasteiger partial charge < -0.3 is 4.57 Å². The number of para-hydroxylation sites is 2. The van der Waals surface area contributed by atoms with Gasteiger partial charge in [-0.25, -0.2) is 4.98 Å². The van der Waals surface area contributed by atoms with Gasteiger partial charge in [-0.2, -0.15) is 0 Å². The first kappa shape index (κ1) is 17.2. The van der Waals surface area contributed by atoms with E-state index in [4.69, 9.17) is 0 Å². The number of hydrogen-bond acceptors (Lipinski definition) is 4. The van der Waals surface area contributed by atoms with Crippen molar-refractivity contribution in [3.8, 4) is 0 Å². The number of carbonyl (C=O) groups excluding carboxylic acids is 2. The number of nitrogens with zero attached hydrogens (tertiary/aromatic N) is 2. The Labute approximate surface area is 149 Å². The molecule has 0 aliphatic carbocycles. The molecular weight excluding hydrogens is 336 g/mol. The monoisotopic (exact) mass is 356 g/mol. The molecule has 0 aliphatic heterocycles. The third kappa shape index (κ3) is 4.45. The number of aromatic nitrogens is 2. The fourth-order valence-electron chi connectivity index (χ4n) is 2.62. The molecule has 0 atom stereocenters. The van der Waals surface area contributed by atoms with Crippen LogP contribution in [0.3, 0.4) is 0 Å². The predicted octanol–water partition coefficient (Wildman–Crippen LogP) is 2.35. The fraction of sp³-hybridized carbons (Fsp3) is 0.278.